The minimum absolute atomic E-state index is 0.186. The van der Waals surface area contributed by atoms with Crippen molar-refractivity contribution >= 4 is 15.9 Å². The summed E-state index contributed by atoms with van der Waals surface area (Å²) < 4.78 is 32.7. The molecule has 2 aromatic carbocycles. The molecule has 0 fully saturated rings. The number of ether oxygens (including phenoxy) is 1. The highest BCUT2D eigenvalue weighted by Gasteiger charge is 2.15. The van der Waals surface area contributed by atoms with Gasteiger partial charge in [-0.15, -0.1) is 0 Å². The Morgan fingerprint density at radius 2 is 1.65 bits per heavy atom. The van der Waals surface area contributed by atoms with Crippen LogP contribution < -0.4 is 10.1 Å². The normalized spacial score (nSPS) is 12.2. The standard InChI is InChI=1S/C15H14BrF2NO/c1-19-15(9-3-5-11(16)12(17)7-9)10-4-6-14(20-2)13(18)8-10/h3-8,15,19H,1-2H3. The van der Waals surface area contributed by atoms with Crippen LogP contribution in [0.4, 0.5) is 8.78 Å². The molecule has 0 saturated carbocycles. The lowest BCUT2D eigenvalue weighted by Crippen LogP contribution is -2.18. The summed E-state index contributed by atoms with van der Waals surface area (Å²) in [5.41, 5.74) is 1.42. The molecule has 0 aliphatic rings. The summed E-state index contributed by atoms with van der Waals surface area (Å²) in [4.78, 5) is 0. The van der Waals surface area contributed by atoms with Gasteiger partial charge in [0.05, 0.1) is 17.6 Å². The van der Waals surface area contributed by atoms with Gasteiger partial charge in [-0.05, 0) is 58.4 Å². The fourth-order valence-electron chi connectivity index (χ4n) is 2.08. The Morgan fingerprint density at radius 3 is 2.15 bits per heavy atom. The SMILES string of the molecule is CNC(c1ccc(Br)c(F)c1)c1ccc(OC)c(F)c1. The Balaban J connectivity index is 2.41. The molecule has 5 heteroatoms. The van der Waals surface area contributed by atoms with E-state index in [1.807, 2.05) is 0 Å². The largest absolute Gasteiger partial charge is 0.494 e. The maximum Gasteiger partial charge on any atom is 0.165 e. The van der Waals surface area contributed by atoms with Crippen molar-refractivity contribution in [3.63, 3.8) is 0 Å². The van der Waals surface area contributed by atoms with Gasteiger partial charge in [0.1, 0.15) is 5.82 Å². The molecule has 106 valence electrons. The minimum atomic E-state index is -0.442. The van der Waals surface area contributed by atoms with Crippen LogP contribution in [0.2, 0.25) is 0 Å². The van der Waals surface area contributed by atoms with Crippen LogP contribution in [0.25, 0.3) is 0 Å². The van der Waals surface area contributed by atoms with Gasteiger partial charge in [0.2, 0.25) is 0 Å². The van der Waals surface area contributed by atoms with Crippen LogP contribution in [0.15, 0.2) is 40.9 Å². The van der Waals surface area contributed by atoms with E-state index in [2.05, 4.69) is 21.2 Å². The van der Waals surface area contributed by atoms with Crippen molar-refractivity contribution in [1.29, 1.82) is 0 Å². The first-order valence-corrected chi connectivity index (χ1v) is 6.81. The number of hydrogen-bond acceptors (Lipinski definition) is 2. The molecular formula is C15H14BrF2NO. The average Bonchev–Trinajstić information content (AvgIpc) is 2.44. The molecule has 0 aliphatic heterocycles. The number of benzene rings is 2. The molecule has 0 heterocycles. The molecule has 1 atom stereocenters. The quantitative estimate of drug-likeness (QED) is 0.905. The van der Waals surface area contributed by atoms with E-state index < -0.39 is 5.82 Å². The molecule has 1 unspecified atom stereocenters. The van der Waals surface area contributed by atoms with E-state index in [0.29, 0.717) is 10.0 Å². The van der Waals surface area contributed by atoms with Gasteiger partial charge in [-0.1, -0.05) is 12.1 Å². The van der Waals surface area contributed by atoms with Gasteiger partial charge in [0.25, 0.3) is 0 Å². The van der Waals surface area contributed by atoms with Crippen LogP contribution >= 0.6 is 15.9 Å². The third-order valence-electron chi connectivity index (χ3n) is 3.07. The average molecular weight is 342 g/mol. The summed E-state index contributed by atoms with van der Waals surface area (Å²) in [6, 6.07) is 9.25. The van der Waals surface area contributed by atoms with Crippen molar-refractivity contribution in [2.24, 2.45) is 0 Å². The third-order valence-corrected chi connectivity index (χ3v) is 3.72. The highest BCUT2D eigenvalue weighted by molar-refractivity contribution is 9.10. The first kappa shape index (κ1) is 14.9. The molecule has 2 rings (SSSR count). The van der Waals surface area contributed by atoms with Crippen LogP contribution in [0.5, 0.6) is 5.75 Å². The van der Waals surface area contributed by atoms with E-state index in [1.165, 1.54) is 19.2 Å². The summed E-state index contributed by atoms with van der Waals surface area (Å²) in [6.07, 6.45) is 0. The summed E-state index contributed by atoms with van der Waals surface area (Å²) in [7, 11) is 3.16. The second kappa shape index (κ2) is 6.33. The van der Waals surface area contributed by atoms with Crippen molar-refractivity contribution in [3.05, 3.63) is 63.6 Å². The molecular weight excluding hydrogens is 328 g/mol. The van der Waals surface area contributed by atoms with E-state index in [4.69, 9.17) is 4.74 Å². The zero-order valence-electron chi connectivity index (χ0n) is 11.1. The Hall–Kier alpha value is -1.46. The van der Waals surface area contributed by atoms with Gasteiger partial charge in [-0.25, -0.2) is 8.78 Å². The maximum atomic E-state index is 13.8. The molecule has 0 aliphatic carbocycles. The van der Waals surface area contributed by atoms with Crippen molar-refractivity contribution in [1.82, 2.24) is 5.32 Å². The predicted octanol–water partition coefficient (Wildman–Crippen LogP) is 4.04. The summed E-state index contributed by atoms with van der Waals surface area (Å²) in [5.74, 6) is -0.606. The van der Waals surface area contributed by atoms with E-state index in [-0.39, 0.29) is 17.6 Å². The zero-order valence-corrected chi connectivity index (χ0v) is 12.7. The molecule has 20 heavy (non-hydrogen) atoms. The lowest BCUT2D eigenvalue weighted by Gasteiger charge is -2.18. The van der Waals surface area contributed by atoms with E-state index in [1.54, 1.807) is 31.3 Å². The zero-order chi connectivity index (χ0) is 14.7. The topological polar surface area (TPSA) is 21.3 Å². The lowest BCUT2D eigenvalue weighted by molar-refractivity contribution is 0.386. The van der Waals surface area contributed by atoms with E-state index in [9.17, 15) is 8.78 Å². The number of methoxy groups -OCH3 is 1. The highest BCUT2D eigenvalue weighted by atomic mass is 79.9. The van der Waals surface area contributed by atoms with Crippen molar-refractivity contribution in [3.8, 4) is 5.75 Å². The molecule has 0 amide bonds. The number of rotatable bonds is 4. The second-order valence-electron chi connectivity index (χ2n) is 4.29. The van der Waals surface area contributed by atoms with Gasteiger partial charge in [0.15, 0.2) is 11.6 Å². The predicted molar refractivity (Wildman–Crippen MR) is 78.0 cm³/mol. The van der Waals surface area contributed by atoms with Crippen LogP contribution in [0.3, 0.4) is 0 Å². The Bertz CT molecular complexity index is 619. The van der Waals surface area contributed by atoms with Gasteiger partial charge in [-0.3, -0.25) is 0 Å². The number of halogens is 3. The summed E-state index contributed by atoms with van der Waals surface area (Å²) >= 11 is 3.12. The molecule has 2 nitrogen and oxygen atoms in total. The molecule has 1 N–H and O–H groups in total. The first-order chi connectivity index (χ1) is 9.56. The minimum Gasteiger partial charge on any atom is -0.494 e. The lowest BCUT2D eigenvalue weighted by atomic mass is 9.98. The molecule has 0 bridgehead atoms. The molecule has 0 saturated heterocycles. The molecule has 2 aromatic rings. The second-order valence-corrected chi connectivity index (χ2v) is 5.14. The van der Waals surface area contributed by atoms with E-state index >= 15 is 0 Å². The Labute approximate surface area is 124 Å². The Morgan fingerprint density at radius 1 is 1.05 bits per heavy atom. The third kappa shape index (κ3) is 2.99. The maximum absolute atomic E-state index is 13.8. The van der Waals surface area contributed by atoms with Crippen LogP contribution in [-0.2, 0) is 0 Å². The highest BCUT2D eigenvalue weighted by Crippen LogP contribution is 2.28. The summed E-state index contributed by atoms with van der Waals surface area (Å²) in [6.45, 7) is 0. The number of nitrogens with one attached hydrogen (secondary N) is 1. The number of hydrogen-bond donors (Lipinski definition) is 1. The molecule has 0 aromatic heterocycles. The summed E-state index contributed by atoms with van der Waals surface area (Å²) in [5, 5.41) is 3.06. The molecule has 0 spiro atoms. The smallest absolute Gasteiger partial charge is 0.165 e. The first-order valence-electron chi connectivity index (χ1n) is 6.02. The van der Waals surface area contributed by atoms with Gasteiger partial charge < -0.3 is 10.1 Å². The van der Waals surface area contributed by atoms with Crippen LogP contribution in [0.1, 0.15) is 17.2 Å². The van der Waals surface area contributed by atoms with Gasteiger partial charge >= 0.3 is 0 Å². The molecule has 0 radical (unpaired) electrons. The monoisotopic (exact) mass is 341 g/mol. The van der Waals surface area contributed by atoms with Gasteiger partial charge in [-0.2, -0.15) is 0 Å². The van der Waals surface area contributed by atoms with Crippen LogP contribution in [0, 0.1) is 11.6 Å². The van der Waals surface area contributed by atoms with E-state index in [0.717, 1.165) is 5.56 Å². The fourth-order valence-corrected chi connectivity index (χ4v) is 2.33. The van der Waals surface area contributed by atoms with Crippen LogP contribution in [-0.4, -0.2) is 14.2 Å². The van der Waals surface area contributed by atoms with Crippen molar-refractivity contribution < 1.29 is 13.5 Å². The fraction of sp³-hybridized carbons (Fsp3) is 0.200. The Kier molecular flexibility index (Phi) is 4.73. The van der Waals surface area contributed by atoms with Crippen molar-refractivity contribution in [2.45, 2.75) is 6.04 Å². The van der Waals surface area contributed by atoms with Gasteiger partial charge in [0, 0.05) is 0 Å². The van der Waals surface area contributed by atoms with Crippen molar-refractivity contribution in [2.75, 3.05) is 14.2 Å².